The second-order valence-corrected chi connectivity index (χ2v) is 6.50. The van der Waals surface area contributed by atoms with Gasteiger partial charge in [0.05, 0.1) is 0 Å². The molecule has 0 spiro atoms. The molecule has 98 valence electrons. The van der Waals surface area contributed by atoms with Gasteiger partial charge in [-0.3, -0.25) is 0 Å². The van der Waals surface area contributed by atoms with Gasteiger partial charge in [-0.1, -0.05) is 50.7 Å². The van der Waals surface area contributed by atoms with Gasteiger partial charge in [0.15, 0.2) is 0 Å². The van der Waals surface area contributed by atoms with E-state index in [1.807, 2.05) is 0 Å². The number of alkyl halides is 1. The summed E-state index contributed by atoms with van der Waals surface area (Å²) in [6, 6.07) is 0. The molecule has 0 N–H and O–H groups in total. The van der Waals surface area contributed by atoms with Crippen LogP contribution in [0, 0.1) is 17.8 Å². The maximum absolute atomic E-state index is 6.18. The standard InChI is InChI=1S/C16H27Cl/c1-13-7-9-14(10-8-13)11-16(12-17)15-5-3-2-4-6-15/h11,13-15H,2-10,12H2,1H3/b16-11-. The summed E-state index contributed by atoms with van der Waals surface area (Å²) >= 11 is 6.18. The van der Waals surface area contributed by atoms with E-state index in [1.54, 1.807) is 5.57 Å². The van der Waals surface area contributed by atoms with Gasteiger partial charge in [-0.2, -0.15) is 0 Å². The smallest absolute Gasteiger partial charge is 0.0436 e. The van der Waals surface area contributed by atoms with E-state index < -0.39 is 0 Å². The molecule has 1 heteroatoms. The van der Waals surface area contributed by atoms with Gasteiger partial charge in [-0.15, -0.1) is 11.6 Å². The van der Waals surface area contributed by atoms with Crippen molar-refractivity contribution in [2.75, 3.05) is 5.88 Å². The van der Waals surface area contributed by atoms with E-state index in [0.717, 1.165) is 23.6 Å². The summed E-state index contributed by atoms with van der Waals surface area (Å²) in [7, 11) is 0. The largest absolute Gasteiger partial charge is 0.122 e. The predicted octanol–water partition coefficient (Wildman–Crippen LogP) is 5.56. The number of hydrogen-bond acceptors (Lipinski definition) is 0. The highest BCUT2D eigenvalue weighted by Gasteiger charge is 2.21. The molecule has 0 radical (unpaired) electrons. The molecule has 0 bridgehead atoms. The number of rotatable bonds is 3. The Labute approximate surface area is 112 Å². The van der Waals surface area contributed by atoms with Crippen LogP contribution in [0.5, 0.6) is 0 Å². The molecule has 0 saturated heterocycles. The van der Waals surface area contributed by atoms with E-state index in [1.165, 1.54) is 57.8 Å². The zero-order valence-electron chi connectivity index (χ0n) is 11.3. The first-order valence-electron chi connectivity index (χ1n) is 7.56. The lowest BCUT2D eigenvalue weighted by Gasteiger charge is -2.28. The van der Waals surface area contributed by atoms with Crippen LogP contribution in [0.1, 0.15) is 64.7 Å². The Kier molecular flexibility index (Phi) is 5.41. The Morgan fingerprint density at radius 3 is 2.24 bits per heavy atom. The fraction of sp³-hybridized carbons (Fsp3) is 0.875. The zero-order valence-corrected chi connectivity index (χ0v) is 12.0. The molecular weight excluding hydrogens is 228 g/mol. The van der Waals surface area contributed by atoms with Crippen molar-refractivity contribution in [2.24, 2.45) is 17.8 Å². The molecular formula is C16H27Cl. The first-order chi connectivity index (χ1) is 8.29. The highest BCUT2D eigenvalue weighted by atomic mass is 35.5. The molecule has 2 aliphatic rings. The van der Waals surface area contributed by atoms with Gasteiger partial charge in [0, 0.05) is 5.88 Å². The fourth-order valence-corrected chi connectivity index (χ4v) is 3.83. The Balaban J connectivity index is 1.91. The predicted molar refractivity (Wildman–Crippen MR) is 76.5 cm³/mol. The van der Waals surface area contributed by atoms with Crippen molar-refractivity contribution in [1.82, 2.24) is 0 Å². The van der Waals surface area contributed by atoms with E-state index in [-0.39, 0.29) is 0 Å². The van der Waals surface area contributed by atoms with Crippen LogP contribution in [-0.4, -0.2) is 5.88 Å². The molecule has 2 saturated carbocycles. The Hall–Kier alpha value is 0.0300. The molecule has 0 nitrogen and oxygen atoms in total. The van der Waals surface area contributed by atoms with Gasteiger partial charge in [0.1, 0.15) is 0 Å². The average molecular weight is 255 g/mol. The zero-order chi connectivity index (χ0) is 12.1. The van der Waals surface area contributed by atoms with Crippen LogP contribution in [-0.2, 0) is 0 Å². The highest BCUT2D eigenvalue weighted by molar-refractivity contribution is 6.19. The van der Waals surface area contributed by atoms with Crippen molar-refractivity contribution in [3.63, 3.8) is 0 Å². The Morgan fingerprint density at radius 1 is 1.00 bits per heavy atom. The van der Waals surface area contributed by atoms with E-state index in [4.69, 9.17) is 11.6 Å². The lowest BCUT2D eigenvalue weighted by molar-refractivity contribution is 0.326. The van der Waals surface area contributed by atoms with Crippen molar-refractivity contribution < 1.29 is 0 Å². The van der Waals surface area contributed by atoms with Gasteiger partial charge >= 0.3 is 0 Å². The lowest BCUT2D eigenvalue weighted by atomic mass is 9.79. The quantitative estimate of drug-likeness (QED) is 0.457. The fourth-order valence-electron chi connectivity index (χ4n) is 3.52. The molecule has 2 aliphatic carbocycles. The summed E-state index contributed by atoms with van der Waals surface area (Å²) in [5.41, 5.74) is 1.57. The third kappa shape index (κ3) is 4.02. The minimum absolute atomic E-state index is 0.775. The van der Waals surface area contributed by atoms with Crippen LogP contribution in [0.25, 0.3) is 0 Å². The van der Waals surface area contributed by atoms with Crippen LogP contribution >= 0.6 is 11.6 Å². The first-order valence-corrected chi connectivity index (χ1v) is 8.09. The van der Waals surface area contributed by atoms with Crippen molar-refractivity contribution in [3.05, 3.63) is 11.6 Å². The van der Waals surface area contributed by atoms with E-state index in [9.17, 15) is 0 Å². The molecule has 0 heterocycles. The summed E-state index contributed by atoms with van der Waals surface area (Å²) in [5.74, 6) is 3.38. The Bertz CT molecular complexity index is 242. The molecule has 0 unspecified atom stereocenters. The molecule has 0 aromatic heterocycles. The topological polar surface area (TPSA) is 0 Å². The number of allylic oxidation sites excluding steroid dienone is 2. The summed E-state index contributed by atoms with van der Waals surface area (Å²) in [6.07, 6.45) is 15.2. The third-order valence-electron chi connectivity index (χ3n) is 4.79. The van der Waals surface area contributed by atoms with Gasteiger partial charge in [0.2, 0.25) is 0 Å². The molecule has 0 aromatic carbocycles. The maximum atomic E-state index is 6.18. The second kappa shape index (κ2) is 6.83. The van der Waals surface area contributed by atoms with Crippen molar-refractivity contribution in [1.29, 1.82) is 0 Å². The van der Waals surface area contributed by atoms with Crippen LogP contribution in [0.2, 0.25) is 0 Å². The normalized spacial score (nSPS) is 32.7. The highest BCUT2D eigenvalue weighted by Crippen LogP contribution is 2.34. The van der Waals surface area contributed by atoms with Gasteiger partial charge in [-0.25, -0.2) is 0 Å². The first kappa shape index (κ1) is 13.5. The molecule has 0 aromatic rings. The number of halogens is 1. The molecule has 17 heavy (non-hydrogen) atoms. The van der Waals surface area contributed by atoms with E-state index in [0.29, 0.717) is 0 Å². The van der Waals surface area contributed by atoms with Gasteiger partial charge in [-0.05, 0) is 43.4 Å². The molecule has 2 rings (SSSR count). The Morgan fingerprint density at radius 2 is 1.65 bits per heavy atom. The van der Waals surface area contributed by atoms with Crippen LogP contribution in [0.15, 0.2) is 11.6 Å². The molecule has 0 amide bonds. The minimum atomic E-state index is 0.775. The van der Waals surface area contributed by atoms with E-state index >= 15 is 0 Å². The molecule has 0 aliphatic heterocycles. The van der Waals surface area contributed by atoms with Crippen molar-refractivity contribution in [3.8, 4) is 0 Å². The summed E-state index contributed by atoms with van der Waals surface area (Å²) in [5, 5.41) is 0. The van der Waals surface area contributed by atoms with Crippen LogP contribution in [0.3, 0.4) is 0 Å². The molecule has 2 fully saturated rings. The van der Waals surface area contributed by atoms with Gasteiger partial charge in [0.25, 0.3) is 0 Å². The monoisotopic (exact) mass is 254 g/mol. The summed E-state index contributed by atoms with van der Waals surface area (Å²) in [4.78, 5) is 0. The second-order valence-electron chi connectivity index (χ2n) is 6.23. The summed E-state index contributed by atoms with van der Waals surface area (Å²) < 4.78 is 0. The van der Waals surface area contributed by atoms with Gasteiger partial charge < -0.3 is 0 Å². The SMILES string of the molecule is CC1CCC(/C=C(/CCl)C2CCCCC2)CC1. The summed E-state index contributed by atoms with van der Waals surface area (Å²) in [6.45, 7) is 2.39. The average Bonchev–Trinajstić information content (AvgIpc) is 2.39. The lowest BCUT2D eigenvalue weighted by Crippen LogP contribution is -2.15. The maximum Gasteiger partial charge on any atom is 0.0436 e. The van der Waals surface area contributed by atoms with Crippen molar-refractivity contribution in [2.45, 2.75) is 64.7 Å². The van der Waals surface area contributed by atoms with Crippen molar-refractivity contribution >= 4 is 11.6 Å². The molecule has 0 atom stereocenters. The minimum Gasteiger partial charge on any atom is -0.122 e. The van der Waals surface area contributed by atoms with Crippen LogP contribution < -0.4 is 0 Å². The third-order valence-corrected chi connectivity index (χ3v) is 5.10. The van der Waals surface area contributed by atoms with E-state index in [2.05, 4.69) is 13.0 Å². The van der Waals surface area contributed by atoms with Crippen LogP contribution in [0.4, 0.5) is 0 Å². The number of hydrogen-bond donors (Lipinski definition) is 0.